The first-order chi connectivity index (χ1) is 28.1. The van der Waals surface area contributed by atoms with Gasteiger partial charge in [0.15, 0.2) is 6.10 Å². The molecule has 0 saturated carbocycles. The van der Waals surface area contributed by atoms with Crippen molar-refractivity contribution in [2.24, 2.45) is 0 Å². The number of phosphoric acid groups is 1. The minimum absolute atomic E-state index is 0.129. The number of phosphoric ester groups is 1. The Labute approximate surface area is 351 Å². The Hall–Kier alpha value is -2.63. The number of hydrogen-bond donors (Lipinski definition) is 4. The minimum Gasteiger partial charge on any atom is -0.462 e. The van der Waals surface area contributed by atoms with Crippen LogP contribution in [0.4, 0.5) is 0 Å². The third-order valence-corrected chi connectivity index (χ3v) is 9.86. The molecule has 58 heavy (non-hydrogen) atoms. The van der Waals surface area contributed by atoms with Gasteiger partial charge < -0.3 is 29.7 Å². The Morgan fingerprint density at radius 2 is 1.10 bits per heavy atom. The molecule has 12 heteroatoms. The van der Waals surface area contributed by atoms with Crippen LogP contribution < -0.4 is 0 Å². The number of aliphatic hydroxyl groups excluding tert-OH is 3. The molecule has 0 radical (unpaired) electrons. The van der Waals surface area contributed by atoms with Gasteiger partial charge in [0.1, 0.15) is 12.7 Å². The van der Waals surface area contributed by atoms with Gasteiger partial charge in [0.2, 0.25) is 0 Å². The Kier molecular flexibility index (Phi) is 39.3. The van der Waals surface area contributed by atoms with Crippen LogP contribution in [0.3, 0.4) is 0 Å². The van der Waals surface area contributed by atoms with Crippen LogP contribution in [0, 0.1) is 0 Å². The lowest BCUT2D eigenvalue weighted by molar-refractivity contribution is -0.161. The summed E-state index contributed by atoms with van der Waals surface area (Å²) in [6, 6.07) is 0. The molecule has 0 aromatic rings. The molecule has 0 fully saturated rings. The lowest BCUT2D eigenvalue weighted by Gasteiger charge is -2.20. The van der Waals surface area contributed by atoms with E-state index >= 15 is 0 Å². The number of rotatable bonds is 40. The minimum atomic E-state index is -4.65. The Balaban J connectivity index is 4.47. The van der Waals surface area contributed by atoms with Crippen LogP contribution in [0.1, 0.15) is 162 Å². The van der Waals surface area contributed by atoms with Crippen molar-refractivity contribution in [3.05, 3.63) is 72.9 Å². The van der Waals surface area contributed by atoms with Crippen molar-refractivity contribution in [3.8, 4) is 0 Å². The van der Waals surface area contributed by atoms with Crippen LogP contribution in [-0.2, 0) is 32.7 Å². The Morgan fingerprint density at radius 3 is 1.72 bits per heavy atom. The smallest absolute Gasteiger partial charge is 0.462 e. The van der Waals surface area contributed by atoms with Gasteiger partial charge in [-0.05, 0) is 77.0 Å². The van der Waals surface area contributed by atoms with Crippen LogP contribution in [-0.4, -0.2) is 76.9 Å². The van der Waals surface area contributed by atoms with Gasteiger partial charge in [0, 0.05) is 12.8 Å². The molecule has 0 aliphatic rings. The maximum atomic E-state index is 12.6. The van der Waals surface area contributed by atoms with Gasteiger partial charge in [0.05, 0.1) is 25.9 Å². The zero-order valence-electron chi connectivity index (χ0n) is 35.8. The maximum Gasteiger partial charge on any atom is 0.472 e. The summed E-state index contributed by atoms with van der Waals surface area (Å²) in [6.07, 6.45) is 43.2. The lowest BCUT2D eigenvalue weighted by atomic mass is 10.1. The molecule has 0 heterocycles. The van der Waals surface area contributed by atoms with Gasteiger partial charge in [-0.15, -0.1) is 0 Å². The summed E-state index contributed by atoms with van der Waals surface area (Å²) in [5.74, 6) is -1.04. The van der Waals surface area contributed by atoms with E-state index in [1.165, 1.54) is 57.8 Å². The number of esters is 2. The van der Waals surface area contributed by atoms with Gasteiger partial charge in [-0.3, -0.25) is 18.6 Å². The molecular weight excluding hydrogens is 759 g/mol. The summed E-state index contributed by atoms with van der Waals surface area (Å²) in [7, 11) is -4.65. The Bertz CT molecular complexity index is 1210. The largest absolute Gasteiger partial charge is 0.472 e. The van der Waals surface area contributed by atoms with Crippen molar-refractivity contribution in [2.75, 3.05) is 26.4 Å². The highest BCUT2D eigenvalue weighted by atomic mass is 31.2. The molecule has 0 aromatic carbocycles. The normalized spacial score (nSPS) is 15.1. The van der Waals surface area contributed by atoms with Crippen LogP contribution in [0.2, 0.25) is 0 Å². The van der Waals surface area contributed by atoms with Crippen LogP contribution in [0.15, 0.2) is 72.9 Å². The first kappa shape index (κ1) is 55.4. The molecule has 4 N–H and O–H groups in total. The number of carbonyl (C=O) groups excluding carboxylic acids is 2. The van der Waals surface area contributed by atoms with Crippen molar-refractivity contribution >= 4 is 19.8 Å². The SMILES string of the molecule is CCCCC/C=C\C/C=C\CCCCCCCCCC(=O)O[C@H](COC(=O)CCC/C=C\C/C=C\C=C\[C@H](O)C/C=C\CCCCC)COP(=O)(O)OC[C@@H](O)CO. The van der Waals surface area contributed by atoms with E-state index in [1.54, 1.807) is 6.08 Å². The van der Waals surface area contributed by atoms with E-state index < -0.39 is 57.9 Å². The highest BCUT2D eigenvalue weighted by molar-refractivity contribution is 7.47. The lowest BCUT2D eigenvalue weighted by Crippen LogP contribution is -2.29. The number of ether oxygens (including phenoxy) is 2. The molecular formula is C46H79O11P. The molecule has 0 amide bonds. The monoisotopic (exact) mass is 839 g/mol. The average Bonchev–Trinajstić information content (AvgIpc) is 3.21. The van der Waals surface area contributed by atoms with Gasteiger partial charge in [-0.25, -0.2) is 4.57 Å². The molecule has 0 bridgehead atoms. The molecule has 0 aliphatic heterocycles. The van der Waals surface area contributed by atoms with Gasteiger partial charge in [0.25, 0.3) is 0 Å². The van der Waals surface area contributed by atoms with Gasteiger partial charge >= 0.3 is 19.8 Å². The van der Waals surface area contributed by atoms with Gasteiger partial charge in [-0.2, -0.15) is 0 Å². The number of allylic oxidation sites excluding steroid dienone is 10. The molecule has 334 valence electrons. The number of aliphatic hydroxyl groups is 3. The van der Waals surface area contributed by atoms with E-state index in [0.717, 1.165) is 44.9 Å². The zero-order valence-corrected chi connectivity index (χ0v) is 36.7. The molecule has 0 aromatic heterocycles. The third-order valence-electron chi connectivity index (χ3n) is 8.91. The van der Waals surface area contributed by atoms with E-state index in [-0.39, 0.29) is 19.4 Å². The van der Waals surface area contributed by atoms with E-state index in [1.807, 2.05) is 36.5 Å². The van der Waals surface area contributed by atoms with Crippen LogP contribution in [0.25, 0.3) is 0 Å². The average molecular weight is 839 g/mol. The molecule has 0 saturated heterocycles. The van der Waals surface area contributed by atoms with Crippen molar-refractivity contribution in [3.63, 3.8) is 0 Å². The molecule has 1 unspecified atom stereocenters. The van der Waals surface area contributed by atoms with E-state index in [4.69, 9.17) is 19.1 Å². The second-order valence-corrected chi connectivity index (χ2v) is 16.0. The first-order valence-electron chi connectivity index (χ1n) is 22.0. The molecule has 11 nitrogen and oxygen atoms in total. The fourth-order valence-corrected chi connectivity index (χ4v) is 6.24. The number of unbranched alkanes of at least 4 members (excludes halogenated alkanes) is 14. The standard InChI is InChI=1S/C46H79O11P/c1-3-5-7-9-11-12-13-14-15-16-17-18-19-20-25-29-33-37-46(51)57-44(41-56-58(52,53)55-39-43(49)38-47)40-54-45(50)36-32-28-24-22-21-23-27-31-35-42(48)34-30-26-10-8-6-4-2/h11-12,14-15,22-24,26-27,30-31,35,42-44,47-49H,3-10,13,16-21,25,28-29,32-34,36-41H2,1-2H3,(H,52,53)/b12-11-,15-14-,24-22-,27-23-,30-26-,35-31+/t42-,43+,44-/m1/s1. The predicted octanol–water partition coefficient (Wildman–Crippen LogP) is 10.6. The Morgan fingerprint density at radius 1 is 0.586 bits per heavy atom. The summed E-state index contributed by atoms with van der Waals surface area (Å²) in [5.41, 5.74) is 0. The zero-order chi connectivity index (χ0) is 42.8. The summed E-state index contributed by atoms with van der Waals surface area (Å²) < 4.78 is 32.6. The van der Waals surface area contributed by atoms with E-state index in [2.05, 4.69) is 48.8 Å². The highest BCUT2D eigenvalue weighted by Crippen LogP contribution is 2.43. The van der Waals surface area contributed by atoms with Crippen LogP contribution >= 0.6 is 7.82 Å². The molecule has 0 aliphatic carbocycles. The summed E-state index contributed by atoms with van der Waals surface area (Å²) in [5, 5.41) is 28.4. The summed E-state index contributed by atoms with van der Waals surface area (Å²) in [4.78, 5) is 35.0. The maximum absolute atomic E-state index is 12.6. The summed E-state index contributed by atoms with van der Waals surface area (Å²) >= 11 is 0. The van der Waals surface area contributed by atoms with E-state index in [0.29, 0.717) is 32.1 Å². The van der Waals surface area contributed by atoms with Crippen LogP contribution in [0.5, 0.6) is 0 Å². The van der Waals surface area contributed by atoms with Gasteiger partial charge in [-0.1, -0.05) is 145 Å². The number of carbonyl (C=O) groups is 2. The second-order valence-electron chi connectivity index (χ2n) is 14.6. The molecule has 0 spiro atoms. The van der Waals surface area contributed by atoms with Crippen molar-refractivity contribution in [1.29, 1.82) is 0 Å². The number of hydrogen-bond acceptors (Lipinski definition) is 10. The fraction of sp³-hybridized carbons (Fsp3) is 0.696. The predicted molar refractivity (Wildman–Crippen MR) is 234 cm³/mol. The third kappa shape index (κ3) is 40.2. The molecule has 4 atom stereocenters. The molecule has 0 rings (SSSR count). The topological polar surface area (TPSA) is 169 Å². The second kappa shape index (κ2) is 41.1. The summed E-state index contributed by atoms with van der Waals surface area (Å²) in [6.45, 7) is 2.15. The highest BCUT2D eigenvalue weighted by Gasteiger charge is 2.27. The van der Waals surface area contributed by atoms with E-state index in [9.17, 15) is 29.3 Å². The first-order valence-corrected chi connectivity index (χ1v) is 23.5. The van der Waals surface area contributed by atoms with Crippen molar-refractivity contribution < 1.29 is 52.9 Å². The van der Waals surface area contributed by atoms with Crippen molar-refractivity contribution in [1.82, 2.24) is 0 Å². The van der Waals surface area contributed by atoms with Crippen molar-refractivity contribution in [2.45, 2.75) is 180 Å². The fourth-order valence-electron chi connectivity index (χ4n) is 5.45. The quantitative estimate of drug-likeness (QED) is 0.0152.